The van der Waals surface area contributed by atoms with E-state index >= 15 is 0 Å². The lowest BCUT2D eigenvalue weighted by Crippen LogP contribution is -2.11. The third-order valence-corrected chi connectivity index (χ3v) is 9.30. The molecule has 156 valence electrons. The molecule has 0 fully saturated rings. The fourth-order valence-electron chi connectivity index (χ4n) is 3.08. The largest absolute Gasteiger partial charge is 0.339 e. The van der Waals surface area contributed by atoms with Crippen molar-refractivity contribution < 1.29 is 26.8 Å². The average Bonchev–Trinajstić information content (AvgIpc) is 2.99. The van der Waals surface area contributed by atoms with Crippen molar-refractivity contribution in [3.8, 4) is 0 Å². The van der Waals surface area contributed by atoms with Crippen LogP contribution in [0.15, 0.2) is 40.9 Å². The lowest BCUT2D eigenvalue weighted by molar-refractivity contribution is 0.181. The van der Waals surface area contributed by atoms with Crippen molar-refractivity contribution in [1.29, 1.82) is 0 Å². The fourth-order valence-corrected chi connectivity index (χ4v) is 7.88. The molecule has 0 saturated heterocycles. The Morgan fingerprint density at radius 2 is 1.83 bits per heavy atom. The van der Waals surface area contributed by atoms with Crippen LogP contribution in [-0.4, -0.2) is 13.2 Å². The molecule has 0 N–H and O–H groups in total. The molecule has 0 bridgehead atoms. The van der Waals surface area contributed by atoms with Crippen LogP contribution in [0.1, 0.15) is 29.9 Å². The molecule has 3 aromatic rings. The van der Waals surface area contributed by atoms with Gasteiger partial charge in [0.15, 0.2) is 11.6 Å². The summed E-state index contributed by atoms with van der Waals surface area (Å²) in [6.07, 6.45) is -0.347. The summed E-state index contributed by atoms with van der Waals surface area (Å²) in [6, 6.07) is 8.18. The SMILES string of the molecule is COP(=O)(OC(C)C)C(Cc1ccc(F)c(F)c1)c1sc2cccc(F)c2c1Br. The van der Waals surface area contributed by atoms with Crippen molar-refractivity contribution in [2.24, 2.45) is 0 Å². The maximum absolute atomic E-state index is 14.4. The molecule has 0 radical (unpaired) electrons. The van der Waals surface area contributed by atoms with Crippen LogP contribution in [-0.2, 0) is 20.0 Å². The smallest absolute Gasteiger partial charge is 0.311 e. The second-order valence-electron chi connectivity index (χ2n) is 6.74. The topological polar surface area (TPSA) is 35.5 Å². The van der Waals surface area contributed by atoms with Crippen LogP contribution in [0, 0.1) is 17.5 Å². The molecule has 1 aromatic heterocycles. The molecule has 0 amide bonds. The first-order valence-electron chi connectivity index (χ1n) is 8.80. The van der Waals surface area contributed by atoms with E-state index in [9.17, 15) is 17.7 Å². The lowest BCUT2D eigenvalue weighted by Gasteiger charge is -2.27. The third kappa shape index (κ3) is 4.62. The highest BCUT2D eigenvalue weighted by Crippen LogP contribution is 2.65. The molecule has 9 heteroatoms. The van der Waals surface area contributed by atoms with Crippen molar-refractivity contribution >= 4 is 44.9 Å². The minimum atomic E-state index is -3.74. The van der Waals surface area contributed by atoms with Crippen LogP contribution in [0.25, 0.3) is 10.1 Å². The second kappa shape index (κ2) is 8.90. The van der Waals surface area contributed by atoms with Gasteiger partial charge in [-0.2, -0.15) is 0 Å². The Balaban J connectivity index is 2.17. The number of halogens is 4. The molecule has 1 heterocycles. The Morgan fingerprint density at radius 3 is 2.41 bits per heavy atom. The first kappa shape index (κ1) is 22.5. The van der Waals surface area contributed by atoms with Crippen LogP contribution >= 0.6 is 34.9 Å². The van der Waals surface area contributed by atoms with Gasteiger partial charge in [0, 0.05) is 26.5 Å². The molecular weight excluding hydrogens is 488 g/mol. The molecule has 0 aliphatic rings. The molecule has 3 nitrogen and oxygen atoms in total. The van der Waals surface area contributed by atoms with Gasteiger partial charge in [0.05, 0.1) is 6.10 Å². The number of fused-ring (bicyclic) bond motifs is 1. The quantitative estimate of drug-likeness (QED) is 0.309. The van der Waals surface area contributed by atoms with Crippen LogP contribution in [0.3, 0.4) is 0 Å². The lowest BCUT2D eigenvalue weighted by atomic mass is 10.1. The van der Waals surface area contributed by atoms with E-state index < -0.39 is 36.8 Å². The first-order chi connectivity index (χ1) is 13.7. The molecule has 2 atom stereocenters. The fraction of sp³-hybridized carbons (Fsp3) is 0.300. The highest BCUT2D eigenvalue weighted by molar-refractivity contribution is 9.10. The average molecular weight is 507 g/mol. The van der Waals surface area contributed by atoms with Crippen molar-refractivity contribution in [2.45, 2.75) is 32.0 Å². The summed E-state index contributed by atoms with van der Waals surface area (Å²) >= 11 is 4.69. The van der Waals surface area contributed by atoms with Gasteiger partial charge in [-0.15, -0.1) is 11.3 Å². The third-order valence-electron chi connectivity index (χ3n) is 4.34. The van der Waals surface area contributed by atoms with Crippen LogP contribution in [0.4, 0.5) is 13.2 Å². The van der Waals surface area contributed by atoms with E-state index in [0.717, 1.165) is 12.1 Å². The molecule has 2 aromatic carbocycles. The second-order valence-corrected chi connectivity index (χ2v) is 10.9. The Bertz CT molecular complexity index is 1090. The normalized spacial score (nSPS) is 15.0. The van der Waals surface area contributed by atoms with E-state index in [0.29, 0.717) is 25.0 Å². The van der Waals surface area contributed by atoms with Crippen LogP contribution < -0.4 is 0 Å². The van der Waals surface area contributed by atoms with Crippen molar-refractivity contribution in [1.82, 2.24) is 0 Å². The summed E-state index contributed by atoms with van der Waals surface area (Å²) in [5, 5.41) is 0.370. The van der Waals surface area contributed by atoms with Gasteiger partial charge in [-0.05, 0) is 66.0 Å². The van der Waals surface area contributed by atoms with E-state index in [1.54, 1.807) is 26.0 Å². The molecule has 29 heavy (non-hydrogen) atoms. The Hall–Kier alpha value is -1.18. The molecule has 3 rings (SSSR count). The van der Waals surface area contributed by atoms with Crippen molar-refractivity contribution in [2.75, 3.05) is 7.11 Å². The number of thiophene rings is 1. The van der Waals surface area contributed by atoms with Crippen LogP contribution in [0.2, 0.25) is 0 Å². The van der Waals surface area contributed by atoms with E-state index in [1.165, 1.54) is 30.6 Å². The van der Waals surface area contributed by atoms with Gasteiger partial charge >= 0.3 is 7.60 Å². The molecule has 0 aliphatic carbocycles. The molecule has 2 unspecified atom stereocenters. The highest BCUT2D eigenvalue weighted by atomic mass is 79.9. The zero-order valence-electron chi connectivity index (χ0n) is 15.9. The summed E-state index contributed by atoms with van der Waals surface area (Å²) < 4.78 is 67.3. The van der Waals surface area contributed by atoms with E-state index in [-0.39, 0.29) is 6.42 Å². The van der Waals surface area contributed by atoms with E-state index in [2.05, 4.69) is 15.9 Å². The molecule has 0 spiro atoms. The Morgan fingerprint density at radius 1 is 1.10 bits per heavy atom. The molecule has 0 saturated carbocycles. The molecule has 0 aliphatic heterocycles. The maximum Gasteiger partial charge on any atom is 0.339 e. The van der Waals surface area contributed by atoms with Gasteiger partial charge in [-0.25, -0.2) is 13.2 Å². The number of rotatable bonds is 7. The minimum Gasteiger partial charge on any atom is -0.311 e. The summed E-state index contributed by atoms with van der Waals surface area (Å²) in [6.45, 7) is 3.44. The molecular formula is C20H19BrF3O3PS. The van der Waals surface area contributed by atoms with Crippen molar-refractivity contribution in [3.05, 3.63) is 68.8 Å². The summed E-state index contributed by atoms with van der Waals surface area (Å²) in [7, 11) is -2.46. The first-order valence-corrected chi connectivity index (χ1v) is 12.0. The maximum atomic E-state index is 14.4. The van der Waals surface area contributed by atoms with Crippen molar-refractivity contribution in [3.63, 3.8) is 0 Å². The van der Waals surface area contributed by atoms with Gasteiger partial charge in [0.1, 0.15) is 11.5 Å². The summed E-state index contributed by atoms with van der Waals surface area (Å²) in [4.78, 5) is 0.556. The Labute approximate surface area is 179 Å². The van der Waals surface area contributed by atoms with Gasteiger partial charge in [0.25, 0.3) is 0 Å². The monoisotopic (exact) mass is 506 g/mol. The van der Waals surface area contributed by atoms with E-state index in [4.69, 9.17) is 9.05 Å². The predicted molar refractivity (Wildman–Crippen MR) is 113 cm³/mol. The number of benzene rings is 2. The van der Waals surface area contributed by atoms with Gasteiger partial charge in [-0.1, -0.05) is 12.1 Å². The standard InChI is InChI=1S/C20H19BrF3O3PS/c1-11(2)27-28(25,26-3)16(10-12-7-8-13(22)15(24)9-12)20-19(21)18-14(23)5-4-6-17(18)29-20/h4-9,11,16H,10H2,1-3H3. The van der Waals surface area contributed by atoms with Crippen LogP contribution in [0.5, 0.6) is 0 Å². The van der Waals surface area contributed by atoms with Gasteiger partial charge in [-0.3, -0.25) is 4.57 Å². The van der Waals surface area contributed by atoms with Gasteiger partial charge in [0.2, 0.25) is 0 Å². The zero-order chi connectivity index (χ0) is 21.3. The predicted octanol–water partition coefficient (Wildman–Crippen LogP) is 7.63. The highest BCUT2D eigenvalue weighted by Gasteiger charge is 2.40. The zero-order valence-corrected chi connectivity index (χ0v) is 19.2. The Kier molecular flexibility index (Phi) is 6.91. The minimum absolute atomic E-state index is 0.0576. The number of hydrogen-bond donors (Lipinski definition) is 0. The van der Waals surface area contributed by atoms with E-state index in [1.807, 2.05) is 0 Å². The van der Waals surface area contributed by atoms with Gasteiger partial charge < -0.3 is 9.05 Å². The summed E-state index contributed by atoms with van der Waals surface area (Å²) in [5.74, 6) is -2.39. The summed E-state index contributed by atoms with van der Waals surface area (Å²) in [5.41, 5.74) is -0.422. The number of hydrogen-bond acceptors (Lipinski definition) is 4.